The highest BCUT2D eigenvalue weighted by molar-refractivity contribution is 9.10. The molecule has 3 nitrogen and oxygen atoms in total. The van der Waals surface area contributed by atoms with Crippen LogP contribution in [0.25, 0.3) is 16.7 Å². The standard InChI is InChI=1S/C13H7BrCl2FN3/c14-7-3-6(1-2-8(7)15)20-12-5-10(17)9(16)4-11(12)19-13(20)18/h1-5H,(H2,18,19). The van der Waals surface area contributed by atoms with Crippen molar-refractivity contribution in [1.82, 2.24) is 9.55 Å². The summed E-state index contributed by atoms with van der Waals surface area (Å²) in [5, 5.41) is 0.588. The molecule has 0 aliphatic rings. The largest absolute Gasteiger partial charge is 0.369 e. The Morgan fingerprint density at radius 2 is 1.90 bits per heavy atom. The highest BCUT2D eigenvalue weighted by atomic mass is 79.9. The SMILES string of the molecule is Nc1nc2cc(Cl)c(F)cc2n1-c1ccc(Cl)c(Br)c1. The van der Waals surface area contributed by atoms with Gasteiger partial charge in [-0.3, -0.25) is 4.57 Å². The lowest BCUT2D eigenvalue weighted by atomic mass is 10.2. The summed E-state index contributed by atoms with van der Waals surface area (Å²) in [6.45, 7) is 0. The zero-order valence-electron chi connectivity index (χ0n) is 9.87. The molecular formula is C13H7BrCl2FN3. The van der Waals surface area contributed by atoms with Crippen molar-refractivity contribution in [3.63, 3.8) is 0 Å². The number of benzene rings is 2. The molecule has 1 aromatic heterocycles. The molecule has 0 radical (unpaired) electrons. The van der Waals surface area contributed by atoms with E-state index in [1.807, 2.05) is 0 Å². The molecule has 0 atom stereocenters. The van der Waals surface area contributed by atoms with E-state index in [2.05, 4.69) is 20.9 Å². The summed E-state index contributed by atoms with van der Waals surface area (Å²) in [6.07, 6.45) is 0. The second kappa shape index (κ2) is 4.91. The number of nitrogens with two attached hydrogens (primary N) is 1. The minimum Gasteiger partial charge on any atom is -0.369 e. The molecular weight excluding hydrogens is 368 g/mol. The van der Waals surface area contributed by atoms with Gasteiger partial charge in [0.25, 0.3) is 0 Å². The maximum Gasteiger partial charge on any atom is 0.205 e. The van der Waals surface area contributed by atoms with Crippen molar-refractivity contribution in [3.8, 4) is 5.69 Å². The zero-order valence-corrected chi connectivity index (χ0v) is 13.0. The van der Waals surface area contributed by atoms with Crippen LogP contribution in [-0.4, -0.2) is 9.55 Å². The predicted octanol–water partition coefficient (Wildman–Crippen LogP) is 4.82. The molecule has 20 heavy (non-hydrogen) atoms. The average Bonchev–Trinajstić information content (AvgIpc) is 2.69. The molecule has 0 saturated heterocycles. The van der Waals surface area contributed by atoms with Crippen molar-refractivity contribution in [3.05, 3.63) is 50.7 Å². The van der Waals surface area contributed by atoms with Gasteiger partial charge in [0, 0.05) is 10.5 Å². The molecule has 3 aromatic rings. The van der Waals surface area contributed by atoms with E-state index in [1.54, 1.807) is 22.8 Å². The van der Waals surface area contributed by atoms with Gasteiger partial charge in [-0.15, -0.1) is 0 Å². The van der Waals surface area contributed by atoms with E-state index in [4.69, 9.17) is 28.9 Å². The fraction of sp³-hybridized carbons (Fsp3) is 0. The number of rotatable bonds is 1. The summed E-state index contributed by atoms with van der Waals surface area (Å²) < 4.78 is 16.0. The number of hydrogen-bond acceptors (Lipinski definition) is 2. The smallest absolute Gasteiger partial charge is 0.205 e. The van der Waals surface area contributed by atoms with Crippen LogP contribution in [0.5, 0.6) is 0 Å². The minimum absolute atomic E-state index is 0.0134. The normalized spacial score (nSPS) is 11.2. The fourth-order valence-corrected chi connectivity index (χ4v) is 2.63. The van der Waals surface area contributed by atoms with Gasteiger partial charge in [0.2, 0.25) is 5.95 Å². The Bertz CT molecular complexity index is 832. The van der Waals surface area contributed by atoms with Crippen LogP contribution in [0.1, 0.15) is 0 Å². The molecule has 0 fully saturated rings. The van der Waals surface area contributed by atoms with Gasteiger partial charge in [0.05, 0.1) is 26.8 Å². The first-order valence-corrected chi connectivity index (χ1v) is 7.10. The Labute approximate surface area is 132 Å². The van der Waals surface area contributed by atoms with Crippen LogP contribution in [0.15, 0.2) is 34.8 Å². The summed E-state index contributed by atoms with van der Waals surface area (Å²) in [4.78, 5) is 4.18. The summed E-state index contributed by atoms with van der Waals surface area (Å²) in [6, 6.07) is 8.04. The third-order valence-corrected chi connectivity index (χ3v) is 4.39. The molecule has 3 rings (SSSR count). The van der Waals surface area contributed by atoms with Crippen molar-refractivity contribution in [2.24, 2.45) is 0 Å². The molecule has 7 heteroatoms. The number of nitrogen functional groups attached to an aromatic ring is 1. The Balaban J connectivity index is 2.32. The second-order valence-electron chi connectivity index (χ2n) is 4.16. The van der Waals surface area contributed by atoms with E-state index in [-0.39, 0.29) is 11.0 Å². The van der Waals surface area contributed by atoms with Crippen LogP contribution in [0.2, 0.25) is 10.0 Å². The maximum atomic E-state index is 13.7. The van der Waals surface area contributed by atoms with Gasteiger partial charge in [-0.2, -0.15) is 0 Å². The number of imidazole rings is 1. The van der Waals surface area contributed by atoms with Gasteiger partial charge < -0.3 is 5.73 Å². The zero-order chi connectivity index (χ0) is 14.4. The number of hydrogen-bond donors (Lipinski definition) is 1. The molecule has 0 amide bonds. The number of nitrogens with zero attached hydrogens (tertiary/aromatic N) is 2. The van der Waals surface area contributed by atoms with Crippen LogP contribution in [0, 0.1) is 5.82 Å². The number of fused-ring (bicyclic) bond motifs is 1. The van der Waals surface area contributed by atoms with Crippen molar-refractivity contribution in [2.75, 3.05) is 5.73 Å². The molecule has 2 N–H and O–H groups in total. The molecule has 0 unspecified atom stereocenters. The summed E-state index contributed by atoms with van der Waals surface area (Å²) in [5.41, 5.74) is 7.70. The Hall–Kier alpha value is -1.30. The summed E-state index contributed by atoms with van der Waals surface area (Å²) >= 11 is 15.1. The van der Waals surface area contributed by atoms with Crippen molar-refractivity contribution in [1.29, 1.82) is 0 Å². The van der Waals surface area contributed by atoms with E-state index >= 15 is 0 Å². The lowest BCUT2D eigenvalue weighted by Gasteiger charge is -2.08. The fourth-order valence-electron chi connectivity index (χ4n) is 1.99. The molecule has 0 aliphatic carbocycles. The Morgan fingerprint density at radius 3 is 2.60 bits per heavy atom. The second-order valence-corrected chi connectivity index (χ2v) is 5.83. The minimum atomic E-state index is -0.520. The van der Waals surface area contributed by atoms with Gasteiger partial charge in [0.15, 0.2) is 0 Å². The van der Waals surface area contributed by atoms with Gasteiger partial charge >= 0.3 is 0 Å². The summed E-state index contributed by atoms with van der Waals surface area (Å²) in [5.74, 6) is -0.274. The van der Waals surface area contributed by atoms with E-state index in [0.717, 1.165) is 5.69 Å². The van der Waals surface area contributed by atoms with Crippen LogP contribution in [-0.2, 0) is 0 Å². The Kier molecular flexibility index (Phi) is 3.36. The average molecular weight is 375 g/mol. The van der Waals surface area contributed by atoms with Gasteiger partial charge in [0.1, 0.15) is 5.82 Å². The van der Waals surface area contributed by atoms with Crippen LogP contribution >= 0.6 is 39.1 Å². The van der Waals surface area contributed by atoms with E-state index in [1.165, 1.54) is 12.1 Å². The van der Waals surface area contributed by atoms with Crippen LogP contribution < -0.4 is 5.73 Å². The van der Waals surface area contributed by atoms with Gasteiger partial charge in [-0.1, -0.05) is 23.2 Å². The number of anilines is 1. The molecule has 0 spiro atoms. The van der Waals surface area contributed by atoms with E-state index in [9.17, 15) is 4.39 Å². The van der Waals surface area contributed by atoms with Gasteiger partial charge in [-0.05, 0) is 40.2 Å². The van der Waals surface area contributed by atoms with Crippen molar-refractivity contribution >= 4 is 56.1 Å². The quantitative estimate of drug-likeness (QED) is 0.663. The van der Waals surface area contributed by atoms with Gasteiger partial charge in [-0.25, -0.2) is 9.37 Å². The maximum absolute atomic E-state index is 13.7. The molecule has 102 valence electrons. The van der Waals surface area contributed by atoms with Crippen molar-refractivity contribution in [2.45, 2.75) is 0 Å². The van der Waals surface area contributed by atoms with Crippen LogP contribution in [0.4, 0.5) is 10.3 Å². The number of aromatic nitrogens is 2. The first-order valence-electron chi connectivity index (χ1n) is 5.56. The lowest BCUT2D eigenvalue weighted by Crippen LogP contribution is -2.00. The van der Waals surface area contributed by atoms with E-state index in [0.29, 0.717) is 20.5 Å². The monoisotopic (exact) mass is 373 g/mol. The Morgan fingerprint density at radius 1 is 1.15 bits per heavy atom. The first kappa shape index (κ1) is 13.7. The number of halogens is 4. The molecule has 0 saturated carbocycles. The van der Waals surface area contributed by atoms with Crippen LogP contribution in [0.3, 0.4) is 0 Å². The topological polar surface area (TPSA) is 43.8 Å². The van der Waals surface area contributed by atoms with Crippen molar-refractivity contribution < 1.29 is 4.39 Å². The highest BCUT2D eigenvalue weighted by Crippen LogP contribution is 2.30. The molecule has 2 aromatic carbocycles. The molecule has 0 aliphatic heterocycles. The summed E-state index contributed by atoms with van der Waals surface area (Å²) in [7, 11) is 0. The third-order valence-electron chi connectivity index (χ3n) is 2.88. The lowest BCUT2D eigenvalue weighted by molar-refractivity contribution is 0.629. The third kappa shape index (κ3) is 2.16. The molecule has 0 bridgehead atoms. The first-order chi connectivity index (χ1) is 9.47. The highest BCUT2D eigenvalue weighted by Gasteiger charge is 2.14. The predicted molar refractivity (Wildman–Crippen MR) is 83.2 cm³/mol. The van der Waals surface area contributed by atoms with E-state index < -0.39 is 5.82 Å². The molecule has 1 heterocycles.